The molecule has 16 heavy (non-hydrogen) atoms. The smallest absolute Gasteiger partial charge is 0.265 e. The van der Waals surface area contributed by atoms with Gasteiger partial charge in [0.15, 0.2) is 0 Å². The van der Waals surface area contributed by atoms with E-state index >= 15 is 0 Å². The molecule has 5 heteroatoms. The molecule has 86 valence electrons. The molecule has 0 saturated heterocycles. The molecule has 1 rings (SSSR count). The normalized spacial score (nSPS) is 13.1. The van der Waals surface area contributed by atoms with Gasteiger partial charge in [-0.25, -0.2) is 0 Å². The van der Waals surface area contributed by atoms with Crippen molar-refractivity contribution in [3.05, 3.63) is 29.8 Å². The second kappa shape index (κ2) is 5.10. The van der Waals surface area contributed by atoms with E-state index in [0.717, 1.165) is 5.56 Å². The highest BCUT2D eigenvalue weighted by Gasteiger charge is 2.16. The van der Waals surface area contributed by atoms with Crippen LogP contribution in [0.3, 0.4) is 0 Å². The van der Waals surface area contributed by atoms with Gasteiger partial charge < -0.3 is 0 Å². The molecule has 0 aliphatic rings. The molecule has 1 atom stereocenters. The molecule has 0 bridgehead atoms. The molecule has 1 aromatic carbocycles. The molecule has 0 aliphatic carbocycles. The van der Waals surface area contributed by atoms with Crippen LogP contribution >= 0.6 is 0 Å². The van der Waals surface area contributed by atoms with Gasteiger partial charge in [0, 0.05) is 0 Å². The van der Waals surface area contributed by atoms with E-state index in [1.165, 1.54) is 12.1 Å². The maximum absolute atomic E-state index is 11.6. The van der Waals surface area contributed by atoms with Gasteiger partial charge in [0.25, 0.3) is 10.1 Å². The molecular weight excluding hydrogens is 226 g/mol. The summed E-state index contributed by atoms with van der Waals surface area (Å²) in [5.74, 6) is -0.444. The summed E-state index contributed by atoms with van der Waals surface area (Å²) < 4.78 is 28.0. The molecule has 0 aliphatic heterocycles. The Hall–Kier alpha value is -1.38. The molecule has 0 unspecified atom stereocenters. The van der Waals surface area contributed by atoms with E-state index in [9.17, 15) is 8.42 Å². The third-order valence-electron chi connectivity index (χ3n) is 2.00. The van der Waals surface area contributed by atoms with Gasteiger partial charge in [-0.2, -0.15) is 13.7 Å². The summed E-state index contributed by atoms with van der Waals surface area (Å²) in [6.07, 6.45) is 0. The highest BCUT2D eigenvalue weighted by molar-refractivity contribution is 7.86. The van der Waals surface area contributed by atoms with Crippen molar-refractivity contribution in [2.45, 2.75) is 18.7 Å². The highest BCUT2D eigenvalue weighted by atomic mass is 32.2. The predicted octanol–water partition coefficient (Wildman–Crippen LogP) is 1.86. The summed E-state index contributed by atoms with van der Waals surface area (Å²) in [5, 5.41) is 8.51. The molecule has 0 spiro atoms. The largest absolute Gasteiger partial charge is 0.297 e. The summed E-state index contributed by atoms with van der Waals surface area (Å²) in [4.78, 5) is 0.114. The van der Waals surface area contributed by atoms with Crippen molar-refractivity contribution >= 4 is 10.1 Å². The Morgan fingerprint density at radius 3 is 2.44 bits per heavy atom. The summed E-state index contributed by atoms with van der Waals surface area (Å²) in [6.45, 7) is 3.35. The number of nitrogens with zero attached hydrogens (tertiary/aromatic N) is 1. The Balaban J connectivity index is 2.79. The number of benzene rings is 1. The van der Waals surface area contributed by atoms with Crippen LogP contribution in [-0.4, -0.2) is 15.0 Å². The van der Waals surface area contributed by atoms with Crippen molar-refractivity contribution in [1.82, 2.24) is 0 Å². The minimum atomic E-state index is -3.73. The molecule has 0 amide bonds. The van der Waals surface area contributed by atoms with Crippen LogP contribution in [0.25, 0.3) is 0 Å². The minimum Gasteiger partial charge on any atom is -0.265 e. The number of aryl methyl sites for hydroxylation is 1. The van der Waals surface area contributed by atoms with E-state index in [1.807, 2.05) is 13.0 Å². The SMILES string of the molecule is Cc1ccc(S(=O)(=O)OC[C@@H](C)C#N)cc1. The lowest BCUT2D eigenvalue weighted by Gasteiger charge is -2.06. The van der Waals surface area contributed by atoms with E-state index in [0.29, 0.717) is 0 Å². The lowest BCUT2D eigenvalue weighted by Crippen LogP contribution is -2.11. The van der Waals surface area contributed by atoms with Gasteiger partial charge in [-0.1, -0.05) is 17.7 Å². The second-order valence-electron chi connectivity index (χ2n) is 3.58. The van der Waals surface area contributed by atoms with Gasteiger partial charge in [0.2, 0.25) is 0 Å². The Morgan fingerprint density at radius 2 is 1.94 bits per heavy atom. The molecule has 1 aromatic rings. The van der Waals surface area contributed by atoms with Crippen LogP contribution in [0.1, 0.15) is 12.5 Å². The molecule has 4 nitrogen and oxygen atoms in total. The second-order valence-corrected chi connectivity index (χ2v) is 5.20. The van der Waals surface area contributed by atoms with Crippen molar-refractivity contribution in [1.29, 1.82) is 5.26 Å². The van der Waals surface area contributed by atoms with Crippen LogP contribution < -0.4 is 0 Å². The van der Waals surface area contributed by atoms with Crippen LogP contribution in [0.15, 0.2) is 29.2 Å². The molecule has 0 aromatic heterocycles. The van der Waals surface area contributed by atoms with Crippen molar-refractivity contribution in [3.63, 3.8) is 0 Å². The van der Waals surface area contributed by atoms with Gasteiger partial charge in [-0.3, -0.25) is 4.18 Å². The summed E-state index contributed by atoms with van der Waals surface area (Å²) in [5.41, 5.74) is 0.976. The Morgan fingerprint density at radius 1 is 1.38 bits per heavy atom. The van der Waals surface area contributed by atoms with Crippen LogP contribution in [0.2, 0.25) is 0 Å². The Bertz CT molecular complexity index is 485. The fourth-order valence-corrected chi connectivity index (χ4v) is 1.99. The number of hydrogen-bond donors (Lipinski definition) is 0. The van der Waals surface area contributed by atoms with E-state index in [4.69, 9.17) is 9.44 Å². The van der Waals surface area contributed by atoms with E-state index in [1.54, 1.807) is 19.1 Å². The first kappa shape index (κ1) is 12.7. The highest BCUT2D eigenvalue weighted by Crippen LogP contribution is 2.14. The molecule has 0 radical (unpaired) electrons. The minimum absolute atomic E-state index is 0.114. The van der Waals surface area contributed by atoms with Gasteiger partial charge in [-0.15, -0.1) is 0 Å². The van der Waals surface area contributed by atoms with Crippen molar-refractivity contribution in [3.8, 4) is 6.07 Å². The van der Waals surface area contributed by atoms with Gasteiger partial charge in [0.05, 0.1) is 23.5 Å². The maximum atomic E-state index is 11.6. The zero-order valence-electron chi connectivity index (χ0n) is 9.17. The van der Waals surface area contributed by atoms with Crippen LogP contribution in [0.4, 0.5) is 0 Å². The first-order chi connectivity index (χ1) is 7.45. The van der Waals surface area contributed by atoms with E-state index in [2.05, 4.69) is 0 Å². The zero-order chi connectivity index (χ0) is 12.2. The standard InChI is InChI=1S/C11H13NO3S/c1-9-3-5-11(6-4-9)16(13,14)15-8-10(2)7-12/h3-6,10H,8H2,1-2H3/t10-/m0/s1. The summed E-state index contributed by atoms with van der Waals surface area (Å²) >= 11 is 0. The van der Waals surface area contributed by atoms with Gasteiger partial charge in [-0.05, 0) is 26.0 Å². The summed E-state index contributed by atoms with van der Waals surface area (Å²) in [7, 11) is -3.73. The number of rotatable bonds is 4. The maximum Gasteiger partial charge on any atom is 0.297 e. The fraction of sp³-hybridized carbons (Fsp3) is 0.364. The van der Waals surface area contributed by atoms with Crippen LogP contribution in [-0.2, 0) is 14.3 Å². The predicted molar refractivity (Wildman–Crippen MR) is 59.1 cm³/mol. The molecule has 0 fully saturated rings. The van der Waals surface area contributed by atoms with Crippen molar-refractivity contribution in [2.75, 3.05) is 6.61 Å². The molecule has 0 saturated carbocycles. The van der Waals surface area contributed by atoms with Crippen molar-refractivity contribution in [2.24, 2.45) is 5.92 Å². The lowest BCUT2D eigenvalue weighted by atomic mass is 10.2. The first-order valence-electron chi connectivity index (χ1n) is 4.81. The van der Waals surface area contributed by atoms with Gasteiger partial charge >= 0.3 is 0 Å². The average Bonchev–Trinajstić information content (AvgIpc) is 2.26. The Kier molecular flexibility index (Phi) is 4.05. The molecular formula is C11H13NO3S. The van der Waals surface area contributed by atoms with E-state index in [-0.39, 0.29) is 11.5 Å². The van der Waals surface area contributed by atoms with Crippen molar-refractivity contribution < 1.29 is 12.6 Å². The van der Waals surface area contributed by atoms with E-state index < -0.39 is 16.0 Å². The number of nitriles is 1. The summed E-state index contributed by atoms with van der Waals surface area (Å²) in [6, 6.07) is 8.28. The fourth-order valence-electron chi connectivity index (χ4n) is 1.00. The van der Waals surface area contributed by atoms with Crippen LogP contribution in [0.5, 0.6) is 0 Å². The third-order valence-corrected chi connectivity index (χ3v) is 3.30. The van der Waals surface area contributed by atoms with Crippen LogP contribution in [0, 0.1) is 24.2 Å². The quantitative estimate of drug-likeness (QED) is 0.752. The molecule has 0 heterocycles. The Labute approximate surface area is 95.6 Å². The molecule has 0 N–H and O–H groups in total. The third kappa shape index (κ3) is 3.33. The lowest BCUT2D eigenvalue weighted by molar-refractivity contribution is 0.291. The monoisotopic (exact) mass is 239 g/mol. The number of hydrogen-bond acceptors (Lipinski definition) is 4. The first-order valence-corrected chi connectivity index (χ1v) is 6.22. The average molecular weight is 239 g/mol. The topological polar surface area (TPSA) is 67.2 Å². The van der Waals surface area contributed by atoms with Gasteiger partial charge in [0.1, 0.15) is 0 Å². The zero-order valence-corrected chi connectivity index (χ0v) is 9.99.